The standard InChI is InChI=1S/C15H19N3O3/c1-9-7-14-12(6-5-11(9)4-3-10(2)19)13(8-17-18-16)15(20)21-14/h3-5,9,12-14H,6-8H2,1-2H3/b4-3+/t9-,12+,13+,14+/m0/s1. The van der Waals surface area contributed by atoms with E-state index in [0.717, 1.165) is 12.0 Å². The van der Waals surface area contributed by atoms with Gasteiger partial charge < -0.3 is 4.74 Å². The molecule has 1 aliphatic heterocycles. The predicted octanol–water partition coefficient (Wildman–Crippen LogP) is 2.96. The summed E-state index contributed by atoms with van der Waals surface area (Å²) in [4.78, 5) is 25.7. The number of esters is 1. The van der Waals surface area contributed by atoms with Crippen molar-refractivity contribution in [1.29, 1.82) is 0 Å². The summed E-state index contributed by atoms with van der Waals surface area (Å²) in [6.07, 6.45) is 6.78. The van der Waals surface area contributed by atoms with Crippen LogP contribution in [0, 0.1) is 17.8 Å². The van der Waals surface area contributed by atoms with Crippen molar-refractivity contribution in [2.75, 3.05) is 6.54 Å². The first-order valence-corrected chi connectivity index (χ1v) is 7.13. The first-order chi connectivity index (χ1) is 10.0. The van der Waals surface area contributed by atoms with Crippen LogP contribution in [0.5, 0.6) is 0 Å². The summed E-state index contributed by atoms with van der Waals surface area (Å²) in [5.41, 5.74) is 9.52. The van der Waals surface area contributed by atoms with Gasteiger partial charge in [-0.25, -0.2) is 0 Å². The molecule has 1 heterocycles. The summed E-state index contributed by atoms with van der Waals surface area (Å²) in [6.45, 7) is 3.73. The Bertz CT molecular complexity index is 546. The lowest BCUT2D eigenvalue weighted by Gasteiger charge is -2.18. The summed E-state index contributed by atoms with van der Waals surface area (Å²) >= 11 is 0. The fraction of sp³-hybridized carbons (Fsp3) is 0.600. The third-order valence-electron chi connectivity index (χ3n) is 4.20. The van der Waals surface area contributed by atoms with E-state index in [0.29, 0.717) is 6.42 Å². The van der Waals surface area contributed by atoms with Gasteiger partial charge in [0.1, 0.15) is 6.10 Å². The lowest BCUT2D eigenvalue weighted by molar-refractivity contribution is -0.144. The first-order valence-electron chi connectivity index (χ1n) is 7.13. The zero-order valence-corrected chi connectivity index (χ0v) is 12.2. The molecule has 1 saturated heterocycles. The molecule has 1 fully saturated rings. The molecule has 0 amide bonds. The molecule has 2 rings (SSSR count). The van der Waals surface area contributed by atoms with Crippen LogP contribution < -0.4 is 0 Å². The molecule has 0 saturated carbocycles. The molecule has 0 radical (unpaired) electrons. The average molecular weight is 289 g/mol. The molecule has 0 aromatic heterocycles. The number of allylic oxidation sites excluding steroid dienone is 4. The molecule has 6 nitrogen and oxygen atoms in total. The van der Waals surface area contributed by atoms with Crippen molar-refractivity contribution in [1.82, 2.24) is 0 Å². The summed E-state index contributed by atoms with van der Waals surface area (Å²) in [6, 6.07) is 0. The van der Waals surface area contributed by atoms with Crippen LogP contribution in [0.2, 0.25) is 0 Å². The average Bonchev–Trinajstić information content (AvgIpc) is 2.62. The normalized spacial score (nSPS) is 31.9. The van der Waals surface area contributed by atoms with Gasteiger partial charge in [0.2, 0.25) is 0 Å². The SMILES string of the molecule is CC(=O)/C=C/C1=CC[C@H]2[C@@H](C[C@@H]1C)OC(=O)[C@@H]2CN=[N+]=[N-]. The molecule has 21 heavy (non-hydrogen) atoms. The van der Waals surface area contributed by atoms with Crippen molar-refractivity contribution in [3.8, 4) is 0 Å². The molecule has 0 bridgehead atoms. The van der Waals surface area contributed by atoms with Crippen molar-refractivity contribution in [3.63, 3.8) is 0 Å². The highest BCUT2D eigenvalue weighted by Crippen LogP contribution is 2.39. The number of carbonyl (C=O) groups is 2. The Morgan fingerprint density at radius 1 is 1.62 bits per heavy atom. The fourth-order valence-corrected chi connectivity index (χ4v) is 3.04. The molecule has 0 aromatic carbocycles. The van der Waals surface area contributed by atoms with Crippen LogP contribution in [0.25, 0.3) is 10.4 Å². The topological polar surface area (TPSA) is 92.1 Å². The molecule has 0 unspecified atom stereocenters. The van der Waals surface area contributed by atoms with Crippen molar-refractivity contribution < 1.29 is 14.3 Å². The van der Waals surface area contributed by atoms with Gasteiger partial charge in [-0.3, -0.25) is 9.59 Å². The third kappa shape index (κ3) is 3.52. The van der Waals surface area contributed by atoms with Crippen molar-refractivity contribution in [2.45, 2.75) is 32.8 Å². The first kappa shape index (κ1) is 15.3. The monoisotopic (exact) mass is 289 g/mol. The maximum atomic E-state index is 11.9. The van der Waals surface area contributed by atoms with E-state index in [-0.39, 0.29) is 42.2 Å². The smallest absolute Gasteiger partial charge is 0.309 e. The second-order valence-corrected chi connectivity index (χ2v) is 5.68. The van der Waals surface area contributed by atoms with Crippen molar-refractivity contribution >= 4 is 11.8 Å². The zero-order chi connectivity index (χ0) is 15.4. The van der Waals surface area contributed by atoms with Crippen LogP contribution in [0.4, 0.5) is 0 Å². The second kappa shape index (κ2) is 6.59. The van der Waals surface area contributed by atoms with Gasteiger partial charge >= 0.3 is 5.97 Å². The second-order valence-electron chi connectivity index (χ2n) is 5.68. The molecule has 6 heteroatoms. The summed E-state index contributed by atoms with van der Waals surface area (Å²) in [5, 5.41) is 3.52. The highest BCUT2D eigenvalue weighted by Gasteiger charge is 2.44. The number of azide groups is 1. The predicted molar refractivity (Wildman–Crippen MR) is 77.2 cm³/mol. The van der Waals surface area contributed by atoms with E-state index < -0.39 is 0 Å². The van der Waals surface area contributed by atoms with E-state index >= 15 is 0 Å². The number of fused-ring (bicyclic) bond motifs is 1. The van der Waals surface area contributed by atoms with E-state index in [1.54, 1.807) is 6.08 Å². The number of nitrogens with zero attached hydrogens (tertiary/aromatic N) is 3. The van der Waals surface area contributed by atoms with Gasteiger partial charge in [-0.15, -0.1) is 0 Å². The van der Waals surface area contributed by atoms with E-state index in [1.807, 2.05) is 6.08 Å². The lowest BCUT2D eigenvalue weighted by atomic mass is 9.86. The van der Waals surface area contributed by atoms with E-state index in [1.165, 1.54) is 6.92 Å². The van der Waals surface area contributed by atoms with Gasteiger partial charge in [-0.05, 0) is 42.9 Å². The van der Waals surface area contributed by atoms with Gasteiger partial charge in [-0.2, -0.15) is 0 Å². The summed E-state index contributed by atoms with van der Waals surface area (Å²) in [5.74, 6) is -0.332. The highest BCUT2D eigenvalue weighted by molar-refractivity contribution is 5.87. The van der Waals surface area contributed by atoms with Crippen LogP contribution in [-0.2, 0) is 14.3 Å². The number of rotatable bonds is 4. The van der Waals surface area contributed by atoms with Gasteiger partial charge in [0, 0.05) is 17.4 Å². The summed E-state index contributed by atoms with van der Waals surface area (Å²) in [7, 11) is 0. The van der Waals surface area contributed by atoms with Gasteiger partial charge in [0.05, 0.1) is 5.92 Å². The van der Waals surface area contributed by atoms with E-state index in [2.05, 4.69) is 23.0 Å². The Morgan fingerprint density at radius 2 is 2.38 bits per heavy atom. The number of ether oxygens (including phenoxy) is 1. The molecule has 2 aliphatic rings. The Hall–Kier alpha value is -2.07. The zero-order valence-electron chi connectivity index (χ0n) is 12.2. The largest absolute Gasteiger partial charge is 0.462 e. The Balaban J connectivity index is 2.17. The number of carbonyl (C=O) groups excluding carboxylic acids is 2. The highest BCUT2D eigenvalue weighted by atomic mass is 16.6. The Labute approximate surface area is 123 Å². The third-order valence-corrected chi connectivity index (χ3v) is 4.20. The van der Waals surface area contributed by atoms with Crippen molar-refractivity contribution in [3.05, 3.63) is 34.2 Å². The molecule has 112 valence electrons. The summed E-state index contributed by atoms with van der Waals surface area (Å²) < 4.78 is 5.45. The lowest BCUT2D eigenvalue weighted by Crippen LogP contribution is -2.22. The fourth-order valence-electron chi connectivity index (χ4n) is 3.04. The van der Waals surface area contributed by atoms with E-state index in [9.17, 15) is 9.59 Å². The molecular formula is C15H19N3O3. The van der Waals surface area contributed by atoms with Crippen LogP contribution in [0.3, 0.4) is 0 Å². The minimum Gasteiger partial charge on any atom is -0.462 e. The van der Waals surface area contributed by atoms with E-state index in [4.69, 9.17) is 10.3 Å². The quantitative estimate of drug-likeness (QED) is 0.262. The molecule has 0 spiro atoms. The molecule has 4 atom stereocenters. The minimum atomic E-state index is -0.356. The Morgan fingerprint density at radius 3 is 3.05 bits per heavy atom. The number of ketones is 1. The van der Waals surface area contributed by atoms with Gasteiger partial charge in [-0.1, -0.05) is 24.2 Å². The minimum absolute atomic E-state index is 0.0141. The van der Waals surface area contributed by atoms with Gasteiger partial charge in [0.15, 0.2) is 5.78 Å². The van der Waals surface area contributed by atoms with Gasteiger partial charge in [0.25, 0.3) is 0 Å². The van der Waals surface area contributed by atoms with Crippen LogP contribution in [-0.4, -0.2) is 24.4 Å². The molecule has 0 N–H and O–H groups in total. The number of hydrogen-bond donors (Lipinski definition) is 0. The molecule has 1 aliphatic carbocycles. The Kier molecular flexibility index (Phi) is 4.81. The maximum absolute atomic E-state index is 11.9. The van der Waals surface area contributed by atoms with Crippen LogP contribution in [0.15, 0.2) is 28.9 Å². The van der Waals surface area contributed by atoms with Crippen LogP contribution in [0.1, 0.15) is 26.7 Å². The van der Waals surface area contributed by atoms with Crippen molar-refractivity contribution in [2.24, 2.45) is 22.9 Å². The molecular weight excluding hydrogens is 270 g/mol. The molecule has 0 aromatic rings. The van der Waals surface area contributed by atoms with Crippen LogP contribution >= 0.6 is 0 Å². The number of hydrogen-bond acceptors (Lipinski definition) is 4. The maximum Gasteiger partial charge on any atom is 0.309 e.